The zero-order valence-corrected chi connectivity index (χ0v) is 16.5. The van der Waals surface area contributed by atoms with Gasteiger partial charge in [-0.1, -0.05) is 48.5 Å². The summed E-state index contributed by atoms with van der Waals surface area (Å²) in [6.45, 7) is 3.24. The zero-order chi connectivity index (χ0) is 18.4. The summed E-state index contributed by atoms with van der Waals surface area (Å²) in [5.41, 5.74) is 8.26. The lowest BCUT2D eigenvalue weighted by Gasteiger charge is -2.17. The molecule has 0 radical (unpaired) electrons. The molecule has 0 unspecified atom stereocenters. The van der Waals surface area contributed by atoms with Crippen molar-refractivity contribution in [2.24, 2.45) is 11.7 Å². The molecule has 27 heavy (non-hydrogen) atoms. The van der Waals surface area contributed by atoms with Crippen molar-refractivity contribution in [1.82, 2.24) is 10.2 Å². The average Bonchev–Trinajstić information content (AvgIpc) is 3.10. The summed E-state index contributed by atoms with van der Waals surface area (Å²) in [6, 6.07) is 18.2. The van der Waals surface area contributed by atoms with Gasteiger partial charge in [0, 0.05) is 31.1 Å². The second-order valence-electron chi connectivity index (χ2n) is 6.80. The predicted octanol–water partition coefficient (Wildman–Crippen LogP) is 2.41. The van der Waals surface area contributed by atoms with Gasteiger partial charge < -0.3 is 15.8 Å². The van der Waals surface area contributed by atoms with E-state index < -0.39 is 0 Å². The number of nitrogens with zero attached hydrogens (tertiary/aromatic N) is 1. The summed E-state index contributed by atoms with van der Waals surface area (Å²) in [4.78, 5) is 14.6. The van der Waals surface area contributed by atoms with E-state index in [4.69, 9.17) is 10.5 Å². The van der Waals surface area contributed by atoms with Crippen LogP contribution in [0.15, 0.2) is 54.6 Å². The number of carbonyl (C=O) groups excluding carboxylic acids is 1. The minimum Gasteiger partial charge on any atom is -0.496 e. The second kappa shape index (κ2) is 10.3. The molecule has 0 bridgehead atoms. The van der Waals surface area contributed by atoms with Crippen LogP contribution >= 0.6 is 12.4 Å². The van der Waals surface area contributed by atoms with E-state index in [0.29, 0.717) is 31.5 Å². The van der Waals surface area contributed by atoms with Crippen LogP contribution in [-0.4, -0.2) is 44.1 Å². The van der Waals surface area contributed by atoms with Crippen molar-refractivity contribution in [3.63, 3.8) is 0 Å². The largest absolute Gasteiger partial charge is 0.496 e. The van der Waals surface area contributed by atoms with Crippen molar-refractivity contribution >= 4 is 18.3 Å². The van der Waals surface area contributed by atoms with Crippen LogP contribution in [-0.2, 0) is 11.3 Å². The maximum atomic E-state index is 12.4. The van der Waals surface area contributed by atoms with Gasteiger partial charge in [-0.25, -0.2) is 0 Å². The van der Waals surface area contributed by atoms with E-state index in [1.54, 1.807) is 7.11 Å². The van der Waals surface area contributed by atoms with E-state index >= 15 is 0 Å². The Hall–Kier alpha value is -2.08. The minimum absolute atomic E-state index is 0. The summed E-state index contributed by atoms with van der Waals surface area (Å²) in [6.07, 6.45) is 0. The van der Waals surface area contributed by atoms with Gasteiger partial charge >= 0.3 is 0 Å². The molecule has 1 fully saturated rings. The molecule has 5 nitrogen and oxygen atoms in total. The Bertz CT molecular complexity index is 726. The van der Waals surface area contributed by atoms with Crippen molar-refractivity contribution in [1.29, 1.82) is 0 Å². The quantitative estimate of drug-likeness (QED) is 0.763. The van der Waals surface area contributed by atoms with Gasteiger partial charge in [-0.05, 0) is 24.1 Å². The number of benzene rings is 2. The van der Waals surface area contributed by atoms with Gasteiger partial charge in [0.05, 0.1) is 13.7 Å². The number of hydrogen-bond donors (Lipinski definition) is 2. The van der Waals surface area contributed by atoms with Gasteiger partial charge in [0.1, 0.15) is 5.75 Å². The second-order valence-corrected chi connectivity index (χ2v) is 6.80. The van der Waals surface area contributed by atoms with Crippen LogP contribution in [0, 0.1) is 5.92 Å². The number of para-hydroxylation sites is 1. The third kappa shape index (κ3) is 5.45. The smallest absolute Gasteiger partial charge is 0.234 e. The molecule has 0 saturated carbocycles. The fourth-order valence-corrected chi connectivity index (χ4v) is 3.71. The number of nitrogens with two attached hydrogens (primary N) is 1. The summed E-state index contributed by atoms with van der Waals surface area (Å²) in [5, 5.41) is 3.00. The molecule has 2 atom stereocenters. The van der Waals surface area contributed by atoms with Crippen LogP contribution in [0.5, 0.6) is 5.75 Å². The average molecular weight is 390 g/mol. The predicted molar refractivity (Wildman–Crippen MR) is 110 cm³/mol. The number of halogens is 1. The van der Waals surface area contributed by atoms with Gasteiger partial charge in [-0.15, -0.1) is 12.4 Å². The van der Waals surface area contributed by atoms with Crippen LogP contribution in [0.2, 0.25) is 0 Å². The molecule has 2 aromatic rings. The molecular formula is C21H28ClN3O2. The topological polar surface area (TPSA) is 67.6 Å². The molecule has 146 valence electrons. The van der Waals surface area contributed by atoms with Crippen molar-refractivity contribution in [3.05, 3.63) is 65.7 Å². The summed E-state index contributed by atoms with van der Waals surface area (Å²) >= 11 is 0. The molecule has 0 spiro atoms. The fourth-order valence-electron chi connectivity index (χ4n) is 3.71. The van der Waals surface area contributed by atoms with Gasteiger partial charge in [0.2, 0.25) is 5.91 Å². The molecule has 2 aromatic carbocycles. The molecule has 3 rings (SSSR count). The maximum absolute atomic E-state index is 12.4. The van der Waals surface area contributed by atoms with E-state index in [0.717, 1.165) is 24.4 Å². The van der Waals surface area contributed by atoms with E-state index in [9.17, 15) is 4.79 Å². The monoisotopic (exact) mass is 389 g/mol. The number of amides is 1. The summed E-state index contributed by atoms with van der Waals surface area (Å²) in [7, 11) is 1.64. The number of rotatable bonds is 7. The third-order valence-corrected chi connectivity index (χ3v) is 5.08. The SMILES string of the molecule is COc1ccccc1CNC(=O)CN1C[C@@H](CN)[C@H](c2ccccc2)C1.Cl. The normalized spacial score (nSPS) is 19.3. The molecule has 1 aliphatic rings. The summed E-state index contributed by atoms with van der Waals surface area (Å²) < 4.78 is 5.33. The first kappa shape index (κ1) is 21.2. The highest BCUT2D eigenvalue weighted by Gasteiger charge is 2.33. The Labute approximate surface area is 167 Å². The molecule has 6 heteroatoms. The Kier molecular flexibility index (Phi) is 8.10. The molecule has 1 aliphatic heterocycles. The highest BCUT2D eigenvalue weighted by atomic mass is 35.5. The molecule has 0 aliphatic carbocycles. The van der Waals surface area contributed by atoms with Gasteiger partial charge in [-0.3, -0.25) is 9.69 Å². The van der Waals surface area contributed by atoms with Crippen LogP contribution in [0.4, 0.5) is 0 Å². The van der Waals surface area contributed by atoms with Crippen LogP contribution in [0.1, 0.15) is 17.0 Å². The standard InChI is InChI=1S/C21H27N3O2.ClH/c1-26-20-10-6-5-9-17(20)12-23-21(25)15-24-13-18(11-22)19(14-24)16-7-3-2-4-8-16;/h2-10,18-19H,11-15,22H2,1H3,(H,23,25);1H/t18-,19+;/m1./s1. The van der Waals surface area contributed by atoms with Gasteiger partial charge in [0.15, 0.2) is 0 Å². The number of methoxy groups -OCH3 is 1. The first-order chi connectivity index (χ1) is 12.7. The molecule has 3 N–H and O–H groups in total. The Morgan fingerprint density at radius 1 is 1.15 bits per heavy atom. The number of carbonyl (C=O) groups is 1. The molecule has 1 amide bonds. The lowest BCUT2D eigenvalue weighted by atomic mass is 9.89. The molecular weight excluding hydrogens is 362 g/mol. The molecule has 0 aromatic heterocycles. The maximum Gasteiger partial charge on any atom is 0.234 e. The molecule has 1 saturated heterocycles. The van der Waals surface area contributed by atoms with E-state index in [-0.39, 0.29) is 18.3 Å². The van der Waals surface area contributed by atoms with Crippen molar-refractivity contribution < 1.29 is 9.53 Å². The lowest BCUT2D eigenvalue weighted by Crippen LogP contribution is -2.36. The first-order valence-electron chi connectivity index (χ1n) is 9.07. The Morgan fingerprint density at radius 2 is 1.85 bits per heavy atom. The van der Waals surface area contributed by atoms with Crippen LogP contribution in [0.25, 0.3) is 0 Å². The number of ether oxygens (including phenoxy) is 1. The van der Waals surface area contributed by atoms with Crippen molar-refractivity contribution in [2.45, 2.75) is 12.5 Å². The third-order valence-electron chi connectivity index (χ3n) is 5.08. The van der Waals surface area contributed by atoms with Crippen molar-refractivity contribution in [3.8, 4) is 5.75 Å². The van der Waals surface area contributed by atoms with Crippen molar-refractivity contribution in [2.75, 3.05) is 33.3 Å². The van der Waals surface area contributed by atoms with Gasteiger partial charge in [-0.2, -0.15) is 0 Å². The highest BCUT2D eigenvalue weighted by Crippen LogP contribution is 2.31. The lowest BCUT2D eigenvalue weighted by molar-refractivity contribution is -0.122. The fraction of sp³-hybridized carbons (Fsp3) is 0.381. The number of nitrogens with one attached hydrogen (secondary N) is 1. The van der Waals surface area contributed by atoms with E-state index in [1.807, 2.05) is 30.3 Å². The molecule has 1 heterocycles. The Morgan fingerprint density at radius 3 is 2.56 bits per heavy atom. The number of hydrogen-bond acceptors (Lipinski definition) is 4. The highest BCUT2D eigenvalue weighted by molar-refractivity contribution is 5.85. The first-order valence-corrected chi connectivity index (χ1v) is 9.07. The van der Waals surface area contributed by atoms with Crippen LogP contribution in [0.3, 0.4) is 0 Å². The summed E-state index contributed by atoms with van der Waals surface area (Å²) in [5.74, 6) is 1.60. The van der Waals surface area contributed by atoms with Crippen LogP contribution < -0.4 is 15.8 Å². The number of likely N-dealkylation sites (tertiary alicyclic amines) is 1. The minimum atomic E-state index is 0. The zero-order valence-electron chi connectivity index (χ0n) is 15.6. The van der Waals surface area contributed by atoms with E-state index in [1.165, 1.54) is 5.56 Å². The van der Waals surface area contributed by atoms with E-state index in [2.05, 4.69) is 34.5 Å². The Balaban J connectivity index is 0.00000261. The van der Waals surface area contributed by atoms with Gasteiger partial charge in [0.25, 0.3) is 0 Å².